The van der Waals surface area contributed by atoms with Crippen molar-refractivity contribution in [3.8, 4) is 5.75 Å². The molecule has 6 heterocycles. The highest BCUT2D eigenvalue weighted by Crippen LogP contribution is 2.46. The van der Waals surface area contributed by atoms with Gasteiger partial charge < -0.3 is 20.1 Å². The number of carbonyl (C=O) groups is 1. The first kappa shape index (κ1) is 23.8. The Morgan fingerprint density at radius 2 is 1.94 bits per heavy atom. The summed E-state index contributed by atoms with van der Waals surface area (Å²) in [5.74, 6) is 0.943. The van der Waals surface area contributed by atoms with Crippen LogP contribution in [0.5, 0.6) is 5.75 Å². The summed E-state index contributed by atoms with van der Waals surface area (Å²) >= 11 is 0. The van der Waals surface area contributed by atoms with E-state index in [-0.39, 0.29) is 36.1 Å². The molecule has 1 amide bonds. The summed E-state index contributed by atoms with van der Waals surface area (Å²) < 4.78 is 11.9. The highest BCUT2D eigenvalue weighted by Gasteiger charge is 2.49. The second-order valence-corrected chi connectivity index (χ2v) is 9.73. The van der Waals surface area contributed by atoms with Crippen LogP contribution >= 0.6 is 12.4 Å². The van der Waals surface area contributed by atoms with Gasteiger partial charge in [0.05, 0.1) is 29.1 Å². The summed E-state index contributed by atoms with van der Waals surface area (Å²) in [5, 5.41) is 6.48. The molecule has 0 aromatic carbocycles. The third-order valence-electron chi connectivity index (χ3n) is 7.46. The van der Waals surface area contributed by atoms with Crippen LogP contribution in [0.4, 0.5) is 5.82 Å². The molecule has 0 unspecified atom stereocenters. The van der Waals surface area contributed by atoms with Crippen LogP contribution < -0.4 is 15.4 Å². The Hall–Kier alpha value is -2.88. The molecule has 35 heavy (non-hydrogen) atoms. The summed E-state index contributed by atoms with van der Waals surface area (Å²) in [5.41, 5.74) is 4.54. The van der Waals surface area contributed by atoms with E-state index in [9.17, 15) is 4.79 Å². The SMILES string of the molecule is Cc1ccc2ncnc(CCC34CCC(NCc5ccc6c(n5)NC(=O)CO6)(CC3)CO4)c2n1.Cl. The maximum absolute atomic E-state index is 11.6. The van der Waals surface area contributed by atoms with Gasteiger partial charge >= 0.3 is 0 Å². The Balaban J connectivity index is 0.00000253. The predicted octanol–water partition coefficient (Wildman–Crippen LogP) is 3.29. The molecular formula is C25H29ClN6O3. The number of hydrogen-bond donors (Lipinski definition) is 2. The largest absolute Gasteiger partial charge is 0.480 e. The number of carbonyl (C=O) groups excluding carboxylic acids is 1. The molecule has 4 aliphatic rings. The summed E-state index contributed by atoms with van der Waals surface area (Å²) in [6.07, 6.45) is 7.60. The van der Waals surface area contributed by atoms with Gasteiger partial charge in [-0.25, -0.2) is 19.9 Å². The van der Waals surface area contributed by atoms with Crippen LogP contribution in [0, 0.1) is 6.92 Å². The Morgan fingerprint density at radius 3 is 2.74 bits per heavy atom. The van der Waals surface area contributed by atoms with E-state index in [2.05, 4.69) is 30.6 Å². The van der Waals surface area contributed by atoms with Gasteiger partial charge in [-0.2, -0.15) is 0 Å². The van der Waals surface area contributed by atoms with E-state index in [0.29, 0.717) is 24.7 Å². The maximum atomic E-state index is 11.6. The van der Waals surface area contributed by atoms with E-state index < -0.39 is 0 Å². The molecule has 1 aliphatic carbocycles. The van der Waals surface area contributed by atoms with Crippen LogP contribution in [0.15, 0.2) is 30.6 Å². The number of hydrogen-bond acceptors (Lipinski definition) is 8. The highest BCUT2D eigenvalue weighted by molar-refractivity contribution is 5.94. The molecule has 9 nitrogen and oxygen atoms in total. The molecule has 3 aliphatic heterocycles. The number of fused-ring (bicyclic) bond motifs is 5. The number of amides is 1. The maximum Gasteiger partial charge on any atom is 0.263 e. The van der Waals surface area contributed by atoms with E-state index in [1.165, 1.54) is 0 Å². The first-order valence-electron chi connectivity index (χ1n) is 11.9. The minimum Gasteiger partial charge on any atom is -0.480 e. The summed E-state index contributed by atoms with van der Waals surface area (Å²) in [6.45, 7) is 3.35. The Bertz CT molecular complexity index is 1240. The van der Waals surface area contributed by atoms with Crippen molar-refractivity contribution in [1.82, 2.24) is 25.3 Å². The summed E-state index contributed by atoms with van der Waals surface area (Å²) in [6, 6.07) is 7.81. The molecule has 10 heteroatoms. The molecule has 3 aromatic heterocycles. The van der Waals surface area contributed by atoms with Gasteiger partial charge in [0.25, 0.3) is 5.91 Å². The van der Waals surface area contributed by atoms with Crippen LogP contribution in [0.1, 0.15) is 49.2 Å². The van der Waals surface area contributed by atoms with Gasteiger partial charge in [-0.1, -0.05) is 0 Å². The lowest BCUT2D eigenvalue weighted by Crippen LogP contribution is -2.61. The summed E-state index contributed by atoms with van der Waals surface area (Å²) in [4.78, 5) is 29.7. The van der Waals surface area contributed by atoms with Crippen LogP contribution in [0.3, 0.4) is 0 Å². The smallest absolute Gasteiger partial charge is 0.263 e. The van der Waals surface area contributed by atoms with Crippen molar-refractivity contribution >= 4 is 35.2 Å². The quantitative estimate of drug-likeness (QED) is 0.534. The molecule has 2 saturated heterocycles. The Kier molecular flexibility index (Phi) is 6.33. The van der Waals surface area contributed by atoms with E-state index in [1.54, 1.807) is 6.33 Å². The highest BCUT2D eigenvalue weighted by atomic mass is 35.5. The van der Waals surface area contributed by atoms with Crippen molar-refractivity contribution in [2.75, 3.05) is 18.5 Å². The zero-order valence-electron chi connectivity index (χ0n) is 19.7. The number of pyridine rings is 2. The average Bonchev–Trinajstić information content (AvgIpc) is 2.87. The number of halogens is 1. The molecule has 184 valence electrons. The number of aryl methyl sites for hydroxylation is 2. The van der Waals surface area contributed by atoms with Gasteiger partial charge in [0.2, 0.25) is 0 Å². The zero-order valence-corrected chi connectivity index (χ0v) is 20.5. The molecule has 1 saturated carbocycles. The van der Waals surface area contributed by atoms with E-state index in [0.717, 1.165) is 66.6 Å². The molecule has 2 bridgehead atoms. The third-order valence-corrected chi connectivity index (χ3v) is 7.46. The van der Waals surface area contributed by atoms with Gasteiger partial charge in [-0.3, -0.25) is 4.79 Å². The van der Waals surface area contributed by atoms with Crippen molar-refractivity contribution in [3.63, 3.8) is 0 Å². The number of aromatic nitrogens is 4. The van der Waals surface area contributed by atoms with Crippen molar-refractivity contribution < 1.29 is 14.3 Å². The Labute approximate surface area is 209 Å². The van der Waals surface area contributed by atoms with Gasteiger partial charge in [-0.05, 0) is 69.7 Å². The number of nitrogens with one attached hydrogen (secondary N) is 2. The molecule has 0 radical (unpaired) electrons. The minimum absolute atomic E-state index is 0. The van der Waals surface area contributed by atoms with Crippen LogP contribution in [0.2, 0.25) is 0 Å². The fourth-order valence-corrected chi connectivity index (χ4v) is 5.31. The molecule has 7 rings (SSSR count). The van der Waals surface area contributed by atoms with Crippen LogP contribution in [-0.2, 0) is 22.5 Å². The second kappa shape index (κ2) is 9.29. The van der Waals surface area contributed by atoms with E-state index >= 15 is 0 Å². The first-order chi connectivity index (χ1) is 16.5. The van der Waals surface area contributed by atoms with Crippen molar-refractivity contribution in [2.45, 2.75) is 63.1 Å². The molecule has 0 spiro atoms. The monoisotopic (exact) mass is 496 g/mol. The molecule has 3 aromatic rings. The molecule has 2 N–H and O–H groups in total. The summed E-state index contributed by atoms with van der Waals surface area (Å²) in [7, 11) is 0. The van der Waals surface area contributed by atoms with Crippen LogP contribution in [-0.4, -0.2) is 50.2 Å². The number of rotatable bonds is 6. The van der Waals surface area contributed by atoms with Crippen molar-refractivity contribution in [3.05, 3.63) is 47.7 Å². The number of anilines is 1. The van der Waals surface area contributed by atoms with Crippen molar-refractivity contribution in [2.24, 2.45) is 0 Å². The fourth-order valence-electron chi connectivity index (χ4n) is 5.31. The van der Waals surface area contributed by atoms with E-state index in [1.807, 2.05) is 31.2 Å². The second-order valence-electron chi connectivity index (χ2n) is 9.73. The molecule has 3 fully saturated rings. The fraction of sp³-hybridized carbons (Fsp3) is 0.480. The standard InChI is InChI=1S/C25H28N6O3.ClH/c1-16-2-4-18-22(29-16)19(27-15-26-18)6-7-25-10-8-24(9-11-25,14-34-25)28-12-17-3-5-20-23(30-17)31-21(32)13-33-20;/h2-5,15,28H,6-14H2,1H3,(H,30,31,32);1H. The minimum atomic E-state index is -0.172. The first-order valence-corrected chi connectivity index (χ1v) is 11.9. The number of ether oxygens (including phenoxy) is 2. The van der Waals surface area contributed by atoms with Gasteiger partial charge in [0.1, 0.15) is 11.8 Å². The zero-order chi connectivity index (χ0) is 23.2. The predicted molar refractivity (Wildman–Crippen MR) is 133 cm³/mol. The lowest BCUT2D eigenvalue weighted by molar-refractivity contribution is -0.165. The number of nitrogens with zero attached hydrogens (tertiary/aromatic N) is 4. The van der Waals surface area contributed by atoms with Gasteiger partial charge in [0.15, 0.2) is 18.2 Å². The topological polar surface area (TPSA) is 111 Å². The van der Waals surface area contributed by atoms with Crippen molar-refractivity contribution in [1.29, 1.82) is 0 Å². The lowest BCUT2D eigenvalue weighted by atomic mass is 9.69. The van der Waals surface area contributed by atoms with E-state index in [4.69, 9.17) is 9.47 Å². The van der Waals surface area contributed by atoms with Gasteiger partial charge in [-0.15, -0.1) is 12.4 Å². The molecule has 0 atom stereocenters. The molecular weight excluding hydrogens is 468 g/mol. The van der Waals surface area contributed by atoms with Crippen LogP contribution in [0.25, 0.3) is 11.0 Å². The Morgan fingerprint density at radius 1 is 1.09 bits per heavy atom. The third kappa shape index (κ3) is 4.68. The normalized spacial score (nSPS) is 24.9. The van der Waals surface area contributed by atoms with Gasteiger partial charge in [0, 0.05) is 17.8 Å². The lowest BCUT2D eigenvalue weighted by Gasteiger charge is -2.53. The average molecular weight is 497 g/mol.